The van der Waals surface area contributed by atoms with Gasteiger partial charge in [-0.2, -0.15) is 0 Å². The molecular weight excluding hydrogens is 536 g/mol. The molecule has 8 heteroatoms. The Balaban J connectivity index is 1.80. The van der Waals surface area contributed by atoms with Crippen LogP contribution in [0.3, 0.4) is 0 Å². The van der Waals surface area contributed by atoms with Gasteiger partial charge < -0.3 is 23.7 Å². The number of hydrogen-bond donors (Lipinski definition) is 0. The third kappa shape index (κ3) is 11.7. The molecule has 0 unspecified atom stereocenters. The zero-order valence-corrected chi connectivity index (χ0v) is 25.8. The maximum Gasteiger partial charge on any atom is 0.330 e. The Morgan fingerprint density at radius 1 is 0.905 bits per heavy atom. The predicted molar refractivity (Wildman–Crippen MR) is 160 cm³/mol. The van der Waals surface area contributed by atoms with Crippen LogP contribution in [0.1, 0.15) is 78.6 Å². The molecule has 42 heavy (non-hydrogen) atoms. The molecule has 8 nitrogen and oxygen atoms in total. The summed E-state index contributed by atoms with van der Waals surface area (Å²) in [6.07, 6.45) is 20.7. The van der Waals surface area contributed by atoms with E-state index >= 15 is 0 Å². The lowest BCUT2D eigenvalue weighted by molar-refractivity contribution is -0.154. The zero-order valence-electron chi connectivity index (χ0n) is 25.8. The summed E-state index contributed by atoms with van der Waals surface area (Å²) in [5.74, 6) is -0.764. The highest BCUT2D eigenvalue weighted by Crippen LogP contribution is 2.33. The number of hydrogen-bond acceptors (Lipinski definition) is 8. The van der Waals surface area contributed by atoms with Crippen molar-refractivity contribution in [3.8, 4) is 0 Å². The number of carbonyl (C=O) groups is 3. The van der Waals surface area contributed by atoms with E-state index in [0.717, 1.165) is 43.3 Å². The third-order valence-corrected chi connectivity index (χ3v) is 7.96. The normalized spacial score (nSPS) is 33.4. The lowest BCUT2D eigenvalue weighted by Gasteiger charge is -2.37. The van der Waals surface area contributed by atoms with Crippen LogP contribution in [0.25, 0.3) is 0 Å². The molecule has 0 aliphatic carbocycles. The lowest BCUT2D eigenvalue weighted by atomic mass is 9.89. The summed E-state index contributed by atoms with van der Waals surface area (Å²) in [7, 11) is 2.74. The molecule has 2 saturated heterocycles. The number of ether oxygens (including phenoxy) is 5. The SMILES string of the molecule is COC(=O)/C=C1\C[C@H]2CC(=O)O[C@@H](/C=C/C=C\C=C(/C)CC(=O)OC)[C@@H](C)/C=C/[C@H](C)C[C@H]3CCC[C@@H](C[C@@H](C1)O2)O3. The Morgan fingerprint density at radius 3 is 2.36 bits per heavy atom. The van der Waals surface area contributed by atoms with Crippen LogP contribution in [0.4, 0.5) is 0 Å². The fourth-order valence-corrected chi connectivity index (χ4v) is 5.75. The summed E-state index contributed by atoms with van der Waals surface area (Å²) in [5, 5.41) is 0. The van der Waals surface area contributed by atoms with E-state index < -0.39 is 18.2 Å². The van der Waals surface area contributed by atoms with Crippen LogP contribution in [-0.4, -0.2) is 62.6 Å². The van der Waals surface area contributed by atoms with E-state index in [1.165, 1.54) is 20.3 Å². The predicted octanol–water partition coefficient (Wildman–Crippen LogP) is 6.12. The van der Waals surface area contributed by atoms with E-state index in [1.807, 2.05) is 44.2 Å². The van der Waals surface area contributed by atoms with E-state index in [4.69, 9.17) is 23.7 Å². The van der Waals surface area contributed by atoms with Crippen molar-refractivity contribution in [1.82, 2.24) is 0 Å². The second-order valence-electron chi connectivity index (χ2n) is 11.8. The topological polar surface area (TPSA) is 97.4 Å². The van der Waals surface area contributed by atoms with Crippen molar-refractivity contribution in [2.75, 3.05) is 14.2 Å². The quantitative estimate of drug-likeness (QED) is 0.121. The van der Waals surface area contributed by atoms with E-state index in [0.29, 0.717) is 18.8 Å². The molecule has 0 N–H and O–H groups in total. The number of allylic oxidation sites excluding steroid dienone is 5. The highest BCUT2D eigenvalue weighted by atomic mass is 16.6. The Morgan fingerprint density at radius 2 is 1.62 bits per heavy atom. The van der Waals surface area contributed by atoms with Crippen LogP contribution < -0.4 is 0 Å². The van der Waals surface area contributed by atoms with Crippen LogP contribution in [0.2, 0.25) is 0 Å². The van der Waals surface area contributed by atoms with Gasteiger partial charge in [0.15, 0.2) is 0 Å². The maximum atomic E-state index is 13.2. The highest BCUT2D eigenvalue weighted by molar-refractivity contribution is 5.82. The first-order valence-corrected chi connectivity index (χ1v) is 15.2. The van der Waals surface area contributed by atoms with E-state index in [9.17, 15) is 14.4 Å². The molecule has 3 heterocycles. The Labute approximate surface area is 250 Å². The molecule has 2 fully saturated rings. The van der Waals surface area contributed by atoms with Gasteiger partial charge in [0.05, 0.1) is 51.5 Å². The monoisotopic (exact) mass is 584 g/mol. The molecule has 3 rings (SSSR count). The van der Waals surface area contributed by atoms with Crippen molar-refractivity contribution < 1.29 is 38.1 Å². The molecule has 0 saturated carbocycles. The third-order valence-electron chi connectivity index (χ3n) is 7.96. The molecule has 3 aliphatic rings. The Hall–Kier alpha value is -2.97. The van der Waals surface area contributed by atoms with E-state index in [1.54, 1.807) is 0 Å². The van der Waals surface area contributed by atoms with Gasteiger partial charge in [0.1, 0.15) is 6.10 Å². The molecule has 0 spiro atoms. The van der Waals surface area contributed by atoms with Crippen LogP contribution in [0.5, 0.6) is 0 Å². The molecule has 0 aromatic heterocycles. The van der Waals surface area contributed by atoms with Crippen molar-refractivity contribution in [2.24, 2.45) is 11.8 Å². The van der Waals surface area contributed by atoms with Crippen molar-refractivity contribution >= 4 is 17.9 Å². The van der Waals surface area contributed by atoms with Crippen molar-refractivity contribution in [1.29, 1.82) is 0 Å². The first kappa shape index (κ1) is 33.5. The number of methoxy groups -OCH3 is 2. The average Bonchev–Trinajstić information content (AvgIpc) is 2.94. The number of carbonyl (C=O) groups excluding carboxylic acids is 3. The molecule has 3 aliphatic heterocycles. The van der Waals surface area contributed by atoms with Gasteiger partial charge in [0, 0.05) is 18.4 Å². The average molecular weight is 585 g/mol. The largest absolute Gasteiger partial charge is 0.469 e. The van der Waals surface area contributed by atoms with Gasteiger partial charge in [0.2, 0.25) is 0 Å². The number of rotatable bonds is 6. The van der Waals surface area contributed by atoms with Crippen LogP contribution in [0.15, 0.2) is 59.8 Å². The first-order chi connectivity index (χ1) is 20.1. The Bertz CT molecular complexity index is 1070. The van der Waals surface area contributed by atoms with Gasteiger partial charge in [0.25, 0.3) is 0 Å². The van der Waals surface area contributed by atoms with Gasteiger partial charge in [-0.15, -0.1) is 0 Å². The zero-order chi connectivity index (χ0) is 30.5. The van der Waals surface area contributed by atoms with Crippen molar-refractivity contribution in [3.05, 3.63) is 59.8 Å². The molecule has 0 aromatic carbocycles. The fraction of sp³-hybridized carbons (Fsp3) is 0.618. The minimum absolute atomic E-state index is 0.0552. The van der Waals surface area contributed by atoms with Crippen LogP contribution in [0, 0.1) is 11.8 Å². The van der Waals surface area contributed by atoms with Gasteiger partial charge in [-0.1, -0.05) is 61.4 Å². The maximum absolute atomic E-state index is 13.2. The summed E-state index contributed by atoms with van der Waals surface area (Å²) in [6, 6.07) is 0. The molecule has 0 aromatic rings. The van der Waals surface area contributed by atoms with E-state index in [-0.39, 0.29) is 49.0 Å². The second-order valence-corrected chi connectivity index (χ2v) is 11.8. The van der Waals surface area contributed by atoms with Crippen LogP contribution >= 0.6 is 0 Å². The van der Waals surface area contributed by atoms with Gasteiger partial charge in [-0.05, 0) is 57.4 Å². The molecule has 0 radical (unpaired) electrons. The van der Waals surface area contributed by atoms with Crippen LogP contribution in [-0.2, 0) is 38.1 Å². The molecule has 4 bridgehead atoms. The standard InChI is InChI=1S/C34H48O8/c1-23(17-32(35)38-4)10-7-6-8-13-31-25(3)15-14-24(2)16-27-11-9-12-28(40-27)21-29-18-26(20-33(36)39-5)19-30(41-29)22-34(37)42-31/h6-8,10,13-15,20,24-25,27-31H,9,11-12,16-19,21-22H2,1-5H3/b7-6-,13-8+,15-14+,23-10+,26-20-/t24-,25-,27+,28-,29+,30-,31-/m0/s1. The van der Waals surface area contributed by atoms with Gasteiger partial charge in [-0.25, -0.2) is 4.79 Å². The second kappa shape index (κ2) is 17.2. The van der Waals surface area contributed by atoms with Crippen molar-refractivity contribution in [3.63, 3.8) is 0 Å². The Kier molecular flexibility index (Phi) is 13.7. The molecule has 7 atom stereocenters. The minimum Gasteiger partial charge on any atom is -0.469 e. The molecular formula is C34H48O8. The van der Waals surface area contributed by atoms with Gasteiger partial charge in [-0.3, -0.25) is 9.59 Å². The minimum atomic E-state index is -0.474. The molecule has 232 valence electrons. The smallest absolute Gasteiger partial charge is 0.330 e. The summed E-state index contributed by atoms with van der Waals surface area (Å²) >= 11 is 0. The van der Waals surface area contributed by atoms with E-state index in [2.05, 4.69) is 19.1 Å². The summed E-state index contributed by atoms with van der Waals surface area (Å²) in [5.41, 5.74) is 1.80. The number of esters is 3. The molecule has 0 amide bonds. The first-order valence-electron chi connectivity index (χ1n) is 15.2. The lowest BCUT2D eigenvalue weighted by Crippen LogP contribution is -2.37. The highest BCUT2D eigenvalue weighted by Gasteiger charge is 2.33. The summed E-state index contributed by atoms with van der Waals surface area (Å²) in [6.45, 7) is 6.10. The summed E-state index contributed by atoms with van der Waals surface area (Å²) in [4.78, 5) is 36.7. The van der Waals surface area contributed by atoms with Crippen molar-refractivity contribution in [2.45, 2.75) is 109 Å². The summed E-state index contributed by atoms with van der Waals surface area (Å²) < 4.78 is 28.5. The van der Waals surface area contributed by atoms with Gasteiger partial charge >= 0.3 is 17.9 Å². The fourth-order valence-electron chi connectivity index (χ4n) is 5.75. The number of fused-ring (bicyclic) bond motifs is 4. The number of cyclic esters (lactones) is 1.